The summed E-state index contributed by atoms with van der Waals surface area (Å²) < 4.78 is 0. The molecule has 0 saturated carbocycles. The molecule has 2 aliphatic rings. The average molecular weight is 434 g/mol. The molecule has 4 heterocycles. The van der Waals surface area contributed by atoms with Crippen molar-refractivity contribution in [3.63, 3.8) is 0 Å². The number of nitrogens with two attached hydrogens (primary N) is 2. The lowest BCUT2D eigenvalue weighted by Crippen LogP contribution is -2.32. The number of nitrogens with zero attached hydrogens (tertiary/aromatic N) is 3. The van der Waals surface area contributed by atoms with Crippen LogP contribution in [0.15, 0.2) is 54.6 Å². The molecule has 0 radical (unpaired) electrons. The minimum atomic E-state index is -0.119. The zero-order chi connectivity index (χ0) is 22.7. The molecule has 0 amide bonds. The molecule has 1 fully saturated rings. The summed E-state index contributed by atoms with van der Waals surface area (Å²) in [4.78, 5) is 14.9. The van der Waals surface area contributed by atoms with E-state index in [4.69, 9.17) is 16.5 Å². The van der Waals surface area contributed by atoms with E-state index in [9.17, 15) is 5.11 Å². The monoisotopic (exact) mass is 433 g/mol. The number of allylic oxidation sites excluding steroid dienone is 2. The van der Waals surface area contributed by atoms with Crippen LogP contribution in [0, 0.1) is 0 Å². The van der Waals surface area contributed by atoms with Crippen LogP contribution in [0.4, 0.5) is 11.8 Å². The van der Waals surface area contributed by atoms with Gasteiger partial charge in [0.05, 0.1) is 0 Å². The first-order chi connectivity index (χ1) is 15.5. The quantitative estimate of drug-likeness (QED) is 0.350. The maximum atomic E-state index is 9.88. The molecule has 1 saturated heterocycles. The number of hydrogen-bond acceptors (Lipinski definition) is 7. The van der Waals surface area contributed by atoms with Crippen LogP contribution in [0.2, 0.25) is 0 Å². The summed E-state index contributed by atoms with van der Waals surface area (Å²) in [6.45, 7) is 10.7. The molecular weight excluding hydrogens is 402 g/mol. The number of nitrogen functional groups attached to an aromatic ring is 1. The largest absolute Gasteiger partial charge is 0.508 e. The van der Waals surface area contributed by atoms with Gasteiger partial charge in [-0.15, -0.1) is 0 Å². The lowest BCUT2D eigenvalue weighted by molar-refractivity contribution is 0.428. The molecule has 8 nitrogen and oxygen atoms in total. The fourth-order valence-electron chi connectivity index (χ4n) is 4.45. The van der Waals surface area contributed by atoms with Crippen LogP contribution in [0.1, 0.15) is 41.3 Å². The second kappa shape index (κ2) is 9.32. The van der Waals surface area contributed by atoms with Crippen molar-refractivity contribution in [2.75, 3.05) is 30.3 Å². The number of aliphatic hydroxyl groups is 1. The zero-order valence-corrected chi connectivity index (χ0v) is 18.3. The van der Waals surface area contributed by atoms with Crippen molar-refractivity contribution < 1.29 is 5.11 Å². The SMILES string of the molecule is C=C/C=C(C(=C)O)/C(N)=C/c1c(N)[nH]c2c1CN(c1nccc(C3CCNCC3)n1)CC2. The van der Waals surface area contributed by atoms with E-state index in [1.165, 1.54) is 0 Å². The van der Waals surface area contributed by atoms with E-state index in [1.807, 2.05) is 12.3 Å². The van der Waals surface area contributed by atoms with Gasteiger partial charge in [0.1, 0.15) is 11.6 Å². The van der Waals surface area contributed by atoms with Gasteiger partial charge in [-0.05, 0) is 44.1 Å². The van der Waals surface area contributed by atoms with E-state index < -0.39 is 0 Å². The van der Waals surface area contributed by atoms with Crippen molar-refractivity contribution in [2.45, 2.75) is 31.7 Å². The maximum absolute atomic E-state index is 9.88. The topological polar surface area (TPSA) is 129 Å². The van der Waals surface area contributed by atoms with Crippen LogP contribution in [0.5, 0.6) is 0 Å². The summed E-state index contributed by atoms with van der Waals surface area (Å²) in [7, 11) is 0. The van der Waals surface area contributed by atoms with E-state index in [2.05, 4.69) is 33.3 Å². The Bertz CT molecular complexity index is 1080. The van der Waals surface area contributed by atoms with Gasteiger partial charge in [0.2, 0.25) is 5.95 Å². The van der Waals surface area contributed by atoms with Gasteiger partial charge in [-0.25, -0.2) is 9.97 Å². The summed E-state index contributed by atoms with van der Waals surface area (Å²) in [5.74, 6) is 1.64. The summed E-state index contributed by atoms with van der Waals surface area (Å²) >= 11 is 0. The summed E-state index contributed by atoms with van der Waals surface area (Å²) in [5, 5.41) is 13.3. The van der Waals surface area contributed by atoms with E-state index in [0.29, 0.717) is 29.6 Å². The van der Waals surface area contributed by atoms with E-state index in [-0.39, 0.29) is 5.76 Å². The van der Waals surface area contributed by atoms with Crippen molar-refractivity contribution in [1.82, 2.24) is 20.3 Å². The smallest absolute Gasteiger partial charge is 0.225 e. The number of fused-ring (bicyclic) bond motifs is 1. The van der Waals surface area contributed by atoms with Gasteiger partial charge in [-0.3, -0.25) is 0 Å². The van der Waals surface area contributed by atoms with Crippen molar-refractivity contribution in [1.29, 1.82) is 0 Å². The minimum Gasteiger partial charge on any atom is -0.508 e. The molecule has 0 bridgehead atoms. The zero-order valence-electron chi connectivity index (χ0n) is 18.3. The van der Waals surface area contributed by atoms with Crippen LogP contribution in [-0.2, 0) is 13.0 Å². The Balaban J connectivity index is 1.62. The molecule has 8 heteroatoms. The van der Waals surface area contributed by atoms with Crippen molar-refractivity contribution >= 4 is 17.8 Å². The number of piperidine rings is 1. The average Bonchev–Trinajstić information content (AvgIpc) is 3.12. The Hall–Kier alpha value is -3.52. The number of rotatable bonds is 6. The Morgan fingerprint density at radius 1 is 1.31 bits per heavy atom. The fourth-order valence-corrected chi connectivity index (χ4v) is 4.45. The molecule has 0 aliphatic carbocycles. The molecule has 0 aromatic carbocycles. The molecule has 168 valence electrons. The third kappa shape index (κ3) is 4.40. The van der Waals surface area contributed by atoms with Gasteiger partial charge < -0.3 is 31.8 Å². The predicted octanol–water partition coefficient (Wildman–Crippen LogP) is 2.90. The highest BCUT2D eigenvalue weighted by molar-refractivity contribution is 5.72. The Morgan fingerprint density at radius 3 is 2.81 bits per heavy atom. The van der Waals surface area contributed by atoms with Gasteiger partial charge >= 0.3 is 0 Å². The molecule has 32 heavy (non-hydrogen) atoms. The van der Waals surface area contributed by atoms with Crippen LogP contribution in [-0.4, -0.2) is 39.7 Å². The van der Waals surface area contributed by atoms with Crippen LogP contribution < -0.4 is 21.7 Å². The highest BCUT2D eigenvalue weighted by atomic mass is 16.3. The number of anilines is 2. The molecule has 2 aliphatic heterocycles. The maximum Gasteiger partial charge on any atom is 0.225 e. The summed E-state index contributed by atoms with van der Waals surface area (Å²) in [5.41, 5.74) is 17.4. The van der Waals surface area contributed by atoms with Crippen molar-refractivity contribution in [2.24, 2.45) is 5.73 Å². The molecular formula is C24H31N7O. The van der Waals surface area contributed by atoms with Gasteiger partial charge in [-0.1, -0.05) is 19.2 Å². The lowest BCUT2D eigenvalue weighted by Gasteiger charge is -2.29. The third-order valence-electron chi connectivity index (χ3n) is 6.16. The Kier molecular flexibility index (Phi) is 6.32. The van der Waals surface area contributed by atoms with E-state index in [0.717, 1.165) is 67.4 Å². The Morgan fingerprint density at radius 2 is 2.09 bits per heavy atom. The first-order valence-electron chi connectivity index (χ1n) is 10.9. The fraction of sp³-hybridized carbons (Fsp3) is 0.333. The first-order valence-corrected chi connectivity index (χ1v) is 10.9. The number of hydrogen-bond donors (Lipinski definition) is 5. The number of aliphatic hydroxyl groups excluding tert-OH is 1. The number of aromatic amines is 1. The number of aromatic nitrogens is 3. The second-order valence-corrected chi connectivity index (χ2v) is 8.25. The summed E-state index contributed by atoms with van der Waals surface area (Å²) in [6.07, 6.45) is 9.81. The highest BCUT2D eigenvalue weighted by Crippen LogP contribution is 2.32. The molecule has 7 N–H and O–H groups in total. The molecule has 4 rings (SSSR count). The predicted molar refractivity (Wildman–Crippen MR) is 129 cm³/mol. The normalized spacial score (nSPS) is 17.8. The molecule has 2 aromatic rings. The van der Waals surface area contributed by atoms with Crippen LogP contribution in [0.25, 0.3) is 6.08 Å². The van der Waals surface area contributed by atoms with Crippen molar-refractivity contribution in [3.8, 4) is 0 Å². The minimum absolute atomic E-state index is 0.119. The van der Waals surface area contributed by atoms with Gasteiger partial charge in [0.15, 0.2) is 0 Å². The standard InChI is InChI=1S/C24H31N7O/c1-3-4-17(15(2)32)20(25)13-18-19-14-31(12-8-22(19)29-23(18)26)24-28-11-7-21(30-24)16-5-9-27-10-6-16/h3-4,7,11,13,16,27,29,32H,1-2,5-6,8-10,12,14,25-26H2/b17-4+,20-13-. The first kappa shape index (κ1) is 21.7. The molecule has 0 unspecified atom stereocenters. The number of H-pyrrole nitrogens is 1. The van der Waals surface area contributed by atoms with Crippen molar-refractivity contribution in [3.05, 3.63) is 77.1 Å². The lowest BCUT2D eigenvalue weighted by atomic mass is 9.94. The highest BCUT2D eigenvalue weighted by Gasteiger charge is 2.25. The van der Waals surface area contributed by atoms with Crippen LogP contribution >= 0.6 is 0 Å². The second-order valence-electron chi connectivity index (χ2n) is 8.25. The van der Waals surface area contributed by atoms with Gasteiger partial charge in [0.25, 0.3) is 0 Å². The third-order valence-corrected chi connectivity index (χ3v) is 6.16. The number of nitrogens with one attached hydrogen (secondary N) is 2. The van der Waals surface area contributed by atoms with E-state index in [1.54, 1.807) is 18.2 Å². The molecule has 0 spiro atoms. The van der Waals surface area contributed by atoms with Crippen LogP contribution in [0.3, 0.4) is 0 Å². The summed E-state index contributed by atoms with van der Waals surface area (Å²) in [6, 6.07) is 2.03. The van der Waals surface area contributed by atoms with Gasteiger partial charge in [-0.2, -0.15) is 0 Å². The van der Waals surface area contributed by atoms with Gasteiger partial charge in [0, 0.05) is 65.4 Å². The molecule has 0 atom stereocenters. The molecule has 2 aromatic heterocycles. The van der Waals surface area contributed by atoms with E-state index >= 15 is 0 Å². The Labute approximate surface area is 188 Å².